The summed E-state index contributed by atoms with van der Waals surface area (Å²) in [6, 6.07) is 4.82. The van der Waals surface area contributed by atoms with E-state index < -0.39 is 10.0 Å². The van der Waals surface area contributed by atoms with Crippen molar-refractivity contribution in [2.45, 2.75) is 36.6 Å². The largest absolute Gasteiger partial charge is 0.392 e. The molecule has 2 bridgehead atoms. The number of halogens is 1. The van der Waals surface area contributed by atoms with Gasteiger partial charge in [-0.05, 0) is 46.5 Å². The molecule has 0 aliphatic carbocycles. The number of ether oxygens (including phenoxy) is 1. The summed E-state index contributed by atoms with van der Waals surface area (Å²) in [5.41, 5.74) is 0.679. The highest BCUT2D eigenvalue weighted by Gasteiger charge is 2.39. The molecule has 2 saturated heterocycles. The first-order chi connectivity index (χ1) is 9.50. The quantitative estimate of drug-likeness (QED) is 0.885. The highest BCUT2D eigenvalue weighted by molar-refractivity contribution is 9.10. The molecule has 20 heavy (non-hydrogen) atoms. The number of morpholine rings is 1. The van der Waals surface area contributed by atoms with Crippen LogP contribution in [0.4, 0.5) is 0 Å². The van der Waals surface area contributed by atoms with Crippen molar-refractivity contribution in [1.82, 2.24) is 4.31 Å². The lowest BCUT2D eigenvalue weighted by molar-refractivity contribution is -0.0114. The summed E-state index contributed by atoms with van der Waals surface area (Å²) in [7, 11) is -3.52. The number of sulfonamides is 1. The minimum Gasteiger partial charge on any atom is -0.392 e. The van der Waals surface area contributed by atoms with Crippen molar-refractivity contribution >= 4 is 26.0 Å². The molecule has 3 rings (SSSR count). The maximum atomic E-state index is 12.7. The Morgan fingerprint density at radius 3 is 2.50 bits per heavy atom. The summed E-state index contributed by atoms with van der Waals surface area (Å²) < 4.78 is 33.1. The molecule has 2 heterocycles. The van der Waals surface area contributed by atoms with Crippen LogP contribution in [-0.2, 0) is 21.4 Å². The zero-order chi connectivity index (χ0) is 14.3. The summed E-state index contributed by atoms with van der Waals surface area (Å²) in [5.74, 6) is 0. The molecule has 7 heteroatoms. The lowest BCUT2D eigenvalue weighted by Gasteiger charge is -2.31. The SMILES string of the molecule is O=S(=O)(c1ccc(CO)cc1Br)N1CC2CCC(C1)O2. The average Bonchev–Trinajstić information content (AvgIpc) is 2.76. The van der Waals surface area contributed by atoms with Crippen LogP contribution in [0.25, 0.3) is 0 Å². The number of fused-ring (bicyclic) bond motifs is 2. The average molecular weight is 362 g/mol. The van der Waals surface area contributed by atoms with Crippen molar-refractivity contribution in [3.63, 3.8) is 0 Å². The zero-order valence-electron chi connectivity index (χ0n) is 10.8. The molecule has 1 aromatic carbocycles. The van der Waals surface area contributed by atoms with Gasteiger partial charge in [-0.2, -0.15) is 4.31 Å². The van der Waals surface area contributed by atoms with Gasteiger partial charge in [-0.3, -0.25) is 0 Å². The van der Waals surface area contributed by atoms with Gasteiger partial charge in [-0.25, -0.2) is 8.42 Å². The van der Waals surface area contributed by atoms with Crippen LogP contribution in [0.5, 0.6) is 0 Å². The molecule has 0 radical (unpaired) electrons. The minimum absolute atomic E-state index is 0.0269. The molecule has 1 N–H and O–H groups in total. The second kappa shape index (κ2) is 5.38. The van der Waals surface area contributed by atoms with Crippen LogP contribution in [-0.4, -0.2) is 43.1 Å². The van der Waals surface area contributed by atoms with E-state index in [1.165, 1.54) is 4.31 Å². The number of aliphatic hydroxyl groups excluding tert-OH is 1. The van der Waals surface area contributed by atoms with E-state index in [2.05, 4.69) is 15.9 Å². The highest BCUT2D eigenvalue weighted by Crippen LogP contribution is 2.32. The van der Waals surface area contributed by atoms with Crippen molar-refractivity contribution in [1.29, 1.82) is 0 Å². The Morgan fingerprint density at radius 1 is 1.30 bits per heavy atom. The van der Waals surface area contributed by atoms with Gasteiger partial charge in [0.1, 0.15) is 0 Å². The Morgan fingerprint density at radius 2 is 1.95 bits per heavy atom. The summed E-state index contributed by atoms with van der Waals surface area (Å²) in [5, 5.41) is 9.08. The second-order valence-electron chi connectivity index (χ2n) is 5.20. The maximum Gasteiger partial charge on any atom is 0.244 e. The van der Waals surface area contributed by atoms with E-state index in [-0.39, 0.29) is 23.7 Å². The number of rotatable bonds is 3. The summed E-state index contributed by atoms with van der Waals surface area (Å²) in [4.78, 5) is 0.246. The fourth-order valence-corrected chi connectivity index (χ4v) is 5.35. The second-order valence-corrected chi connectivity index (χ2v) is 7.96. The van der Waals surface area contributed by atoms with Gasteiger partial charge in [0.15, 0.2) is 0 Å². The first-order valence-corrected chi connectivity index (χ1v) is 8.79. The Kier molecular flexibility index (Phi) is 3.89. The molecule has 2 fully saturated rings. The van der Waals surface area contributed by atoms with Crippen molar-refractivity contribution < 1.29 is 18.3 Å². The number of hydrogen-bond donors (Lipinski definition) is 1. The molecule has 0 spiro atoms. The topological polar surface area (TPSA) is 66.8 Å². The van der Waals surface area contributed by atoms with Crippen LogP contribution in [0, 0.1) is 0 Å². The first kappa shape index (κ1) is 14.5. The predicted octanol–water partition coefficient (Wildman–Crippen LogP) is 1.49. The normalized spacial score (nSPS) is 26.9. The van der Waals surface area contributed by atoms with E-state index in [4.69, 9.17) is 9.84 Å². The van der Waals surface area contributed by atoms with Crippen LogP contribution in [0.1, 0.15) is 18.4 Å². The predicted molar refractivity (Wildman–Crippen MR) is 76.7 cm³/mol. The van der Waals surface area contributed by atoms with Crippen molar-refractivity contribution in [2.24, 2.45) is 0 Å². The molecule has 2 unspecified atom stereocenters. The number of nitrogens with zero attached hydrogens (tertiary/aromatic N) is 1. The summed E-state index contributed by atoms with van der Waals surface area (Å²) in [6.07, 6.45) is 1.92. The van der Waals surface area contributed by atoms with E-state index in [0.717, 1.165) is 12.8 Å². The standard InChI is InChI=1S/C13H16BrNO4S/c14-12-5-9(8-16)1-4-13(12)20(17,18)15-6-10-2-3-11(7-15)19-10/h1,4-5,10-11,16H,2-3,6-8H2. The van der Waals surface area contributed by atoms with Crippen molar-refractivity contribution in [3.8, 4) is 0 Å². The van der Waals surface area contributed by atoms with Gasteiger partial charge in [-0.15, -0.1) is 0 Å². The molecule has 2 atom stereocenters. The molecule has 2 aliphatic heterocycles. The summed E-state index contributed by atoms with van der Waals surface area (Å²) in [6.45, 7) is 0.737. The third kappa shape index (κ3) is 2.53. The van der Waals surface area contributed by atoms with Crippen LogP contribution < -0.4 is 0 Å². The Hall–Kier alpha value is -0.470. The van der Waals surface area contributed by atoms with Gasteiger partial charge in [0.05, 0.1) is 23.7 Å². The lowest BCUT2D eigenvalue weighted by atomic mass is 10.2. The van der Waals surface area contributed by atoms with Crippen LogP contribution in [0.2, 0.25) is 0 Å². The molecule has 5 nitrogen and oxygen atoms in total. The van der Waals surface area contributed by atoms with Crippen LogP contribution in [0.15, 0.2) is 27.6 Å². The van der Waals surface area contributed by atoms with E-state index in [9.17, 15) is 8.42 Å². The number of aliphatic hydroxyl groups is 1. The molecule has 0 saturated carbocycles. The van der Waals surface area contributed by atoms with E-state index in [1.54, 1.807) is 18.2 Å². The van der Waals surface area contributed by atoms with E-state index in [1.807, 2.05) is 0 Å². The number of benzene rings is 1. The van der Waals surface area contributed by atoms with Gasteiger partial charge < -0.3 is 9.84 Å². The Balaban J connectivity index is 1.92. The fraction of sp³-hybridized carbons (Fsp3) is 0.538. The van der Waals surface area contributed by atoms with E-state index in [0.29, 0.717) is 23.1 Å². The third-order valence-corrected chi connectivity index (χ3v) is 6.62. The van der Waals surface area contributed by atoms with Gasteiger partial charge in [0.2, 0.25) is 10.0 Å². The Bertz CT molecular complexity index is 607. The van der Waals surface area contributed by atoms with Gasteiger partial charge >= 0.3 is 0 Å². The smallest absolute Gasteiger partial charge is 0.244 e. The highest BCUT2D eigenvalue weighted by atomic mass is 79.9. The molecule has 0 amide bonds. The third-order valence-electron chi connectivity index (χ3n) is 3.81. The molecular weight excluding hydrogens is 346 g/mol. The number of hydrogen-bond acceptors (Lipinski definition) is 4. The van der Waals surface area contributed by atoms with Gasteiger partial charge in [-0.1, -0.05) is 6.07 Å². The fourth-order valence-electron chi connectivity index (χ4n) is 2.76. The molecule has 0 aromatic heterocycles. The lowest BCUT2D eigenvalue weighted by Crippen LogP contribution is -2.45. The van der Waals surface area contributed by atoms with Crippen LogP contribution >= 0.6 is 15.9 Å². The van der Waals surface area contributed by atoms with Crippen LogP contribution in [0.3, 0.4) is 0 Å². The molecule has 2 aliphatic rings. The molecule has 110 valence electrons. The monoisotopic (exact) mass is 361 g/mol. The molecule has 1 aromatic rings. The van der Waals surface area contributed by atoms with Gasteiger partial charge in [0.25, 0.3) is 0 Å². The molecular formula is C13H16BrNO4S. The minimum atomic E-state index is -3.52. The van der Waals surface area contributed by atoms with Crippen molar-refractivity contribution in [2.75, 3.05) is 13.1 Å². The van der Waals surface area contributed by atoms with Crippen molar-refractivity contribution in [3.05, 3.63) is 28.2 Å². The first-order valence-electron chi connectivity index (χ1n) is 6.55. The van der Waals surface area contributed by atoms with Gasteiger partial charge in [0, 0.05) is 17.6 Å². The van der Waals surface area contributed by atoms with E-state index >= 15 is 0 Å². The zero-order valence-corrected chi connectivity index (χ0v) is 13.2. The maximum absolute atomic E-state index is 12.7. The Labute approximate surface area is 126 Å². The summed E-state index contributed by atoms with van der Waals surface area (Å²) >= 11 is 3.29.